The van der Waals surface area contributed by atoms with Crippen LogP contribution in [0.15, 0.2) is 23.3 Å². The summed E-state index contributed by atoms with van der Waals surface area (Å²) in [4.78, 5) is 20.4. The summed E-state index contributed by atoms with van der Waals surface area (Å²) in [7, 11) is 0. The SMILES string of the molecule is C[C@@H]1CC/C(=N\Nc2ccc([N+](=O)[O-])cc2[N+](=O)[O-])C[C@H]1C. The van der Waals surface area contributed by atoms with E-state index >= 15 is 0 Å². The molecule has 0 amide bonds. The first-order valence-corrected chi connectivity index (χ1v) is 7.12. The minimum absolute atomic E-state index is 0.161. The van der Waals surface area contributed by atoms with Crippen molar-refractivity contribution in [1.82, 2.24) is 0 Å². The molecule has 0 heterocycles. The number of non-ortho nitro benzene ring substituents is 1. The van der Waals surface area contributed by atoms with E-state index in [1.807, 2.05) is 0 Å². The van der Waals surface area contributed by atoms with Crippen molar-refractivity contribution in [2.75, 3.05) is 5.43 Å². The van der Waals surface area contributed by atoms with Crippen LogP contribution in [0.4, 0.5) is 17.1 Å². The van der Waals surface area contributed by atoms with Gasteiger partial charge in [-0.25, -0.2) is 0 Å². The van der Waals surface area contributed by atoms with Gasteiger partial charge in [-0.05, 0) is 37.2 Å². The summed E-state index contributed by atoms with van der Waals surface area (Å²) in [6.45, 7) is 4.36. The average Bonchev–Trinajstić information content (AvgIpc) is 2.48. The number of hydrogen-bond acceptors (Lipinski definition) is 6. The molecule has 8 heteroatoms. The zero-order valence-corrected chi connectivity index (χ0v) is 12.5. The second-order valence-electron chi connectivity index (χ2n) is 5.70. The van der Waals surface area contributed by atoms with Gasteiger partial charge in [0.2, 0.25) is 0 Å². The molecule has 0 spiro atoms. The fourth-order valence-corrected chi connectivity index (χ4v) is 2.47. The second-order valence-corrected chi connectivity index (χ2v) is 5.70. The molecule has 1 fully saturated rings. The normalized spacial score (nSPS) is 23.3. The number of nitro groups is 2. The van der Waals surface area contributed by atoms with Crippen molar-refractivity contribution in [3.05, 3.63) is 38.4 Å². The standard InChI is InChI=1S/C14H18N4O4/c1-9-3-4-11(7-10(9)2)15-16-13-6-5-12(17(19)20)8-14(13)18(21)22/h5-6,8-10,16H,3-4,7H2,1-2H3/b15-11+/t9-,10-/m1/s1. The van der Waals surface area contributed by atoms with Gasteiger partial charge in [-0.1, -0.05) is 13.8 Å². The zero-order valence-electron chi connectivity index (χ0n) is 12.5. The van der Waals surface area contributed by atoms with Crippen molar-refractivity contribution in [2.45, 2.75) is 33.1 Å². The summed E-state index contributed by atoms with van der Waals surface area (Å²) in [6.07, 6.45) is 2.76. The molecule has 0 aliphatic heterocycles. The molecule has 0 saturated heterocycles. The van der Waals surface area contributed by atoms with E-state index in [4.69, 9.17) is 0 Å². The van der Waals surface area contributed by atoms with E-state index in [9.17, 15) is 20.2 Å². The summed E-state index contributed by atoms with van der Waals surface area (Å²) in [5.41, 5.74) is 3.16. The van der Waals surface area contributed by atoms with Crippen molar-refractivity contribution >= 4 is 22.8 Å². The van der Waals surface area contributed by atoms with Crippen LogP contribution >= 0.6 is 0 Å². The van der Waals surface area contributed by atoms with Gasteiger partial charge in [0.25, 0.3) is 5.69 Å². The molecular formula is C14H18N4O4. The van der Waals surface area contributed by atoms with E-state index in [1.165, 1.54) is 12.1 Å². The smallest absolute Gasteiger partial charge is 0.272 e. The van der Waals surface area contributed by atoms with Crippen LogP contribution < -0.4 is 5.43 Å². The van der Waals surface area contributed by atoms with Crippen LogP contribution in [0.25, 0.3) is 0 Å². The third kappa shape index (κ3) is 3.57. The van der Waals surface area contributed by atoms with Gasteiger partial charge in [0.15, 0.2) is 0 Å². The molecule has 2 atom stereocenters. The zero-order chi connectivity index (χ0) is 16.3. The Hall–Kier alpha value is -2.51. The van der Waals surface area contributed by atoms with E-state index in [-0.39, 0.29) is 17.1 Å². The van der Waals surface area contributed by atoms with E-state index < -0.39 is 9.85 Å². The number of nitrogens with zero attached hydrogens (tertiary/aromatic N) is 3. The predicted molar refractivity (Wildman–Crippen MR) is 83.0 cm³/mol. The summed E-state index contributed by atoms with van der Waals surface area (Å²) in [5.74, 6) is 1.17. The number of hydrogen-bond donors (Lipinski definition) is 1. The van der Waals surface area contributed by atoms with Gasteiger partial charge in [-0.3, -0.25) is 25.7 Å². The van der Waals surface area contributed by atoms with Gasteiger partial charge >= 0.3 is 5.69 Å². The van der Waals surface area contributed by atoms with Gasteiger partial charge in [0.1, 0.15) is 5.69 Å². The van der Waals surface area contributed by atoms with Crippen LogP contribution in [-0.2, 0) is 0 Å². The summed E-state index contributed by atoms with van der Waals surface area (Å²) < 4.78 is 0. The monoisotopic (exact) mass is 306 g/mol. The number of nitro benzene ring substituents is 2. The Morgan fingerprint density at radius 3 is 2.50 bits per heavy atom. The fraction of sp³-hybridized carbons (Fsp3) is 0.500. The first kappa shape index (κ1) is 15.9. The number of nitrogens with one attached hydrogen (secondary N) is 1. The van der Waals surface area contributed by atoms with Gasteiger partial charge < -0.3 is 0 Å². The van der Waals surface area contributed by atoms with Crippen LogP contribution in [0.2, 0.25) is 0 Å². The molecule has 118 valence electrons. The predicted octanol–water partition coefficient (Wildman–Crippen LogP) is 3.73. The summed E-state index contributed by atoms with van der Waals surface area (Å²) in [6, 6.07) is 3.48. The van der Waals surface area contributed by atoms with Crippen LogP contribution in [0, 0.1) is 32.1 Å². The first-order valence-electron chi connectivity index (χ1n) is 7.12. The Kier molecular flexibility index (Phi) is 4.69. The van der Waals surface area contributed by atoms with Crippen molar-refractivity contribution in [2.24, 2.45) is 16.9 Å². The van der Waals surface area contributed by atoms with Gasteiger partial charge in [-0.15, -0.1) is 0 Å². The van der Waals surface area contributed by atoms with Crippen molar-refractivity contribution in [3.63, 3.8) is 0 Å². The Balaban J connectivity index is 2.19. The Morgan fingerprint density at radius 2 is 1.91 bits per heavy atom. The maximum absolute atomic E-state index is 11.0. The van der Waals surface area contributed by atoms with E-state index in [2.05, 4.69) is 24.4 Å². The quantitative estimate of drug-likeness (QED) is 0.673. The Labute approximate surface area is 127 Å². The third-order valence-corrected chi connectivity index (χ3v) is 4.14. The topological polar surface area (TPSA) is 111 Å². The first-order chi connectivity index (χ1) is 10.4. The highest BCUT2D eigenvalue weighted by Crippen LogP contribution is 2.30. The number of anilines is 1. The van der Waals surface area contributed by atoms with Crippen molar-refractivity contribution in [1.29, 1.82) is 0 Å². The van der Waals surface area contributed by atoms with E-state index in [0.717, 1.165) is 31.0 Å². The minimum Gasteiger partial charge on any atom is -0.272 e. The van der Waals surface area contributed by atoms with E-state index in [0.29, 0.717) is 11.8 Å². The molecule has 0 unspecified atom stereocenters. The molecule has 8 nitrogen and oxygen atoms in total. The van der Waals surface area contributed by atoms with Crippen LogP contribution in [0.3, 0.4) is 0 Å². The van der Waals surface area contributed by atoms with Gasteiger partial charge in [-0.2, -0.15) is 5.10 Å². The Bertz CT molecular complexity index is 629. The number of benzene rings is 1. The van der Waals surface area contributed by atoms with Crippen LogP contribution in [-0.4, -0.2) is 15.6 Å². The highest BCUT2D eigenvalue weighted by Gasteiger charge is 2.22. The summed E-state index contributed by atoms with van der Waals surface area (Å²) in [5, 5.41) is 26.0. The highest BCUT2D eigenvalue weighted by molar-refractivity contribution is 5.86. The van der Waals surface area contributed by atoms with E-state index in [1.54, 1.807) is 0 Å². The second kappa shape index (κ2) is 6.50. The molecule has 2 rings (SSSR count). The molecule has 1 saturated carbocycles. The van der Waals surface area contributed by atoms with Gasteiger partial charge in [0.05, 0.1) is 15.9 Å². The maximum atomic E-state index is 11.0. The average molecular weight is 306 g/mol. The molecule has 1 aromatic carbocycles. The lowest BCUT2D eigenvalue weighted by Gasteiger charge is -2.26. The molecule has 0 bridgehead atoms. The molecular weight excluding hydrogens is 288 g/mol. The number of rotatable bonds is 4. The molecule has 22 heavy (non-hydrogen) atoms. The molecule has 1 aliphatic carbocycles. The number of hydrazone groups is 1. The van der Waals surface area contributed by atoms with Crippen LogP contribution in [0.5, 0.6) is 0 Å². The highest BCUT2D eigenvalue weighted by atomic mass is 16.6. The molecule has 1 N–H and O–H groups in total. The molecule has 1 aromatic rings. The Morgan fingerprint density at radius 1 is 1.18 bits per heavy atom. The molecule has 1 aliphatic rings. The maximum Gasteiger partial charge on any atom is 0.301 e. The van der Waals surface area contributed by atoms with Crippen molar-refractivity contribution < 1.29 is 9.85 Å². The lowest BCUT2D eigenvalue weighted by atomic mass is 9.81. The molecule has 0 radical (unpaired) electrons. The summed E-state index contributed by atoms with van der Waals surface area (Å²) >= 11 is 0. The van der Waals surface area contributed by atoms with Crippen LogP contribution in [0.1, 0.15) is 33.1 Å². The van der Waals surface area contributed by atoms with Crippen molar-refractivity contribution in [3.8, 4) is 0 Å². The molecule has 0 aromatic heterocycles. The van der Waals surface area contributed by atoms with Gasteiger partial charge in [0, 0.05) is 11.8 Å². The minimum atomic E-state index is -0.660. The largest absolute Gasteiger partial charge is 0.301 e. The lowest BCUT2D eigenvalue weighted by molar-refractivity contribution is -0.393. The third-order valence-electron chi connectivity index (χ3n) is 4.14. The lowest BCUT2D eigenvalue weighted by Crippen LogP contribution is -2.21. The fourth-order valence-electron chi connectivity index (χ4n) is 2.47.